The number of anilines is 1. The first kappa shape index (κ1) is 25.5. The Morgan fingerprint density at radius 1 is 1.23 bits per heavy atom. The van der Waals surface area contributed by atoms with Crippen LogP contribution < -0.4 is 21.5 Å². The van der Waals surface area contributed by atoms with E-state index in [2.05, 4.69) is 10.3 Å². The number of ether oxygens (including phenoxy) is 1. The molecule has 172 valence electrons. The number of hydrogen-bond acceptors (Lipinski definition) is 5. The number of carboxylic acids is 2. The van der Waals surface area contributed by atoms with Crippen molar-refractivity contribution in [2.24, 2.45) is 22.4 Å². The maximum Gasteiger partial charge on any atom is 0.490 e. The number of nitrogens with zero attached hydrogens (tertiary/aromatic N) is 1. The fourth-order valence-electron chi connectivity index (χ4n) is 2.53. The quantitative estimate of drug-likeness (QED) is 0.225. The molecule has 0 saturated heterocycles. The molecule has 1 atom stereocenters. The van der Waals surface area contributed by atoms with Crippen molar-refractivity contribution in [3.05, 3.63) is 23.8 Å². The maximum atomic E-state index is 11.9. The summed E-state index contributed by atoms with van der Waals surface area (Å²) >= 11 is 0. The molecule has 0 spiro atoms. The third-order valence-corrected chi connectivity index (χ3v) is 3.95. The van der Waals surface area contributed by atoms with E-state index in [-0.39, 0.29) is 18.3 Å². The van der Waals surface area contributed by atoms with Crippen LogP contribution in [-0.2, 0) is 20.8 Å². The average molecular weight is 448 g/mol. The SMILES string of the molecule is NC(N)=NCCCCOc1ccc2c(c1)CC(CC(=O)O)C(=O)N2.O=C(O)C(F)(F)F. The number of halogens is 3. The molecule has 13 heteroatoms. The lowest BCUT2D eigenvalue weighted by Crippen LogP contribution is -2.31. The Balaban J connectivity index is 0.000000592. The van der Waals surface area contributed by atoms with Crippen LogP contribution in [0.4, 0.5) is 18.9 Å². The van der Waals surface area contributed by atoms with Gasteiger partial charge in [0.05, 0.1) is 18.9 Å². The average Bonchev–Trinajstić information content (AvgIpc) is 2.64. The van der Waals surface area contributed by atoms with Crippen LogP contribution in [0.15, 0.2) is 23.2 Å². The molecule has 10 nitrogen and oxygen atoms in total. The highest BCUT2D eigenvalue weighted by Crippen LogP contribution is 2.30. The number of carboxylic acid groups (broad SMARTS) is 2. The molecule has 1 amide bonds. The summed E-state index contributed by atoms with van der Waals surface area (Å²) in [5, 5.41) is 18.7. The van der Waals surface area contributed by atoms with Gasteiger partial charge in [-0.3, -0.25) is 14.6 Å². The Hall–Kier alpha value is -3.51. The van der Waals surface area contributed by atoms with Crippen LogP contribution in [0.3, 0.4) is 0 Å². The van der Waals surface area contributed by atoms with E-state index in [0.717, 1.165) is 18.4 Å². The van der Waals surface area contributed by atoms with E-state index in [4.69, 9.17) is 31.2 Å². The van der Waals surface area contributed by atoms with Crippen molar-refractivity contribution in [2.75, 3.05) is 18.5 Å². The summed E-state index contributed by atoms with van der Waals surface area (Å²) in [5.41, 5.74) is 12.1. The van der Waals surface area contributed by atoms with E-state index in [1.165, 1.54) is 0 Å². The summed E-state index contributed by atoms with van der Waals surface area (Å²) in [5.74, 6) is -3.76. The number of aliphatic carboxylic acids is 2. The maximum absolute atomic E-state index is 11.9. The number of rotatable bonds is 8. The summed E-state index contributed by atoms with van der Waals surface area (Å²) in [6, 6.07) is 5.41. The molecule has 7 N–H and O–H groups in total. The number of aliphatic imine (C=N–C) groups is 1. The zero-order valence-corrected chi connectivity index (χ0v) is 16.3. The number of carbonyl (C=O) groups is 3. The molecule has 0 radical (unpaired) electrons. The second kappa shape index (κ2) is 11.6. The van der Waals surface area contributed by atoms with Gasteiger partial charge in [0.2, 0.25) is 5.91 Å². The molecule has 1 aromatic rings. The molecule has 0 aliphatic carbocycles. The Morgan fingerprint density at radius 2 is 1.87 bits per heavy atom. The van der Waals surface area contributed by atoms with Crippen molar-refractivity contribution in [2.45, 2.75) is 31.9 Å². The van der Waals surface area contributed by atoms with Gasteiger partial charge < -0.3 is 31.7 Å². The Morgan fingerprint density at radius 3 is 2.42 bits per heavy atom. The standard InChI is InChI=1S/C16H22N4O4.C2HF3O2/c17-16(18)19-5-1-2-6-24-12-3-4-13-10(8-12)7-11(9-14(21)22)15(23)20-13;3-2(4,5)1(6)7/h3-4,8,11H,1-2,5-7,9H2,(H,20,23)(H,21,22)(H4,17,18,19);(H,6,7). The van der Waals surface area contributed by atoms with Gasteiger partial charge in [0, 0.05) is 12.2 Å². The van der Waals surface area contributed by atoms with Crippen LogP contribution in [0.1, 0.15) is 24.8 Å². The highest BCUT2D eigenvalue weighted by molar-refractivity contribution is 5.97. The Labute approximate surface area is 175 Å². The van der Waals surface area contributed by atoms with Gasteiger partial charge in [-0.2, -0.15) is 13.2 Å². The number of nitrogens with two attached hydrogens (primary N) is 2. The predicted molar refractivity (Wildman–Crippen MR) is 104 cm³/mol. The normalized spacial score (nSPS) is 14.9. The van der Waals surface area contributed by atoms with E-state index in [0.29, 0.717) is 31.0 Å². The summed E-state index contributed by atoms with van der Waals surface area (Å²) < 4.78 is 37.4. The second-order valence-corrected chi connectivity index (χ2v) is 6.47. The molecule has 1 aromatic carbocycles. The van der Waals surface area contributed by atoms with Crippen LogP contribution in [0.25, 0.3) is 0 Å². The number of guanidine groups is 1. The van der Waals surface area contributed by atoms with Crippen molar-refractivity contribution in [1.29, 1.82) is 0 Å². The van der Waals surface area contributed by atoms with Crippen molar-refractivity contribution in [3.8, 4) is 5.75 Å². The minimum Gasteiger partial charge on any atom is -0.494 e. The summed E-state index contributed by atoms with van der Waals surface area (Å²) in [6.45, 7) is 1.10. The van der Waals surface area contributed by atoms with E-state index >= 15 is 0 Å². The molecule has 0 saturated carbocycles. The van der Waals surface area contributed by atoms with E-state index < -0.39 is 24.0 Å². The number of amides is 1. The summed E-state index contributed by atoms with van der Waals surface area (Å²) in [4.78, 5) is 35.5. The number of benzene rings is 1. The first-order valence-corrected chi connectivity index (χ1v) is 9.04. The zero-order chi connectivity index (χ0) is 23.6. The van der Waals surface area contributed by atoms with Gasteiger partial charge in [-0.25, -0.2) is 4.79 Å². The van der Waals surface area contributed by atoms with Gasteiger partial charge in [-0.1, -0.05) is 0 Å². The third-order valence-electron chi connectivity index (χ3n) is 3.95. The number of unbranched alkanes of at least 4 members (excludes halogenated alkanes) is 1. The summed E-state index contributed by atoms with van der Waals surface area (Å²) in [7, 11) is 0. The topological polar surface area (TPSA) is 177 Å². The lowest BCUT2D eigenvalue weighted by molar-refractivity contribution is -0.192. The molecular weight excluding hydrogens is 425 g/mol. The number of hydrogen-bond donors (Lipinski definition) is 5. The largest absolute Gasteiger partial charge is 0.494 e. The smallest absolute Gasteiger partial charge is 0.490 e. The van der Waals surface area contributed by atoms with Crippen molar-refractivity contribution < 1.29 is 42.5 Å². The monoisotopic (exact) mass is 448 g/mol. The van der Waals surface area contributed by atoms with Gasteiger partial charge in [0.1, 0.15) is 5.75 Å². The fraction of sp³-hybridized carbons (Fsp3) is 0.444. The van der Waals surface area contributed by atoms with Crippen LogP contribution in [0.5, 0.6) is 5.75 Å². The molecule has 2 rings (SSSR count). The number of carbonyl (C=O) groups excluding carboxylic acids is 1. The van der Waals surface area contributed by atoms with Crippen molar-refractivity contribution in [1.82, 2.24) is 0 Å². The van der Waals surface area contributed by atoms with Gasteiger partial charge in [-0.15, -0.1) is 0 Å². The first-order valence-electron chi connectivity index (χ1n) is 9.04. The van der Waals surface area contributed by atoms with Gasteiger partial charge in [0.15, 0.2) is 5.96 Å². The molecule has 1 heterocycles. The minimum absolute atomic E-state index is 0.0866. The van der Waals surface area contributed by atoms with E-state index in [1.807, 2.05) is 6.07 Å². The summed E-state index contributed by atoms with van der Waals surface area (Å²) in [6.07, 6.45) is -3.23. The predicted octanol–water partition coefficient (Wildman–Crippen LogP) is 1.34. The van der Waals surface area contributed by atoms with Crippen LogP contribution >= 0.6 is 0 Å². The zero-order valence-electron chi connectivity index (χ0n) is 16.3. The van der Waals surface area contributed by atoms with E-state index in [9.17, 15) is 22.8 Å². The number of alkyl halides is 3. The molecule has 0 bridgehead atoms. The number of nitrogens with one attached hydrogen (secondary N) is 1. The van der Waals surface area contributed by atoms with Gasteiger partial charge in [0.25, 0.3) is 0 Å². The van der Waals surface area contributed by atoms with Crippen LogP contribution in [-0.4, -0.2) is 53.3 Å². The lowest BCUT2D eigenvalue weighted by Gasteiger charge is -2.24. The molecule has 0 aromatic heterocycles. The van der Waals surface area contributed by atoms with Gasteiger partial charge in [-0.05, 0) is 43.0 Å². The van der Waals surface area contributed by atoms with Crippen LogP contribution in [0.2, 0.25) is 0 Å². The molecular formula is C18H23F3N4O6. The lowest BCUT2D eigenvalue weighted by atomic mass is 9.90. The minimum atomic E-state index is -5.08. The molecule has 1 aliphatic rings. The molecule has 1 unspecified atom stereocenters. The highest BCUT2D eigenvalue weighted by atomic mass is 19.4. The Bertz CT molecular complexity index is 825. The molecule has 31 heavy (non-hydrogen) atoms. The van der Waals surface area contributed by atoms with Gasteiger partial charge >= 0.3 is 18.1 Å². The second-order valence-electron chi connectivity index (χ2n) is 6.47. The van der Waals surface area contributed by atoms with E-state index in [1.54, 1.807) is 12.1 Å². The van der Waals surface area contributed by atoms with Crippen molar-refractivity contribution >= 4 is 29.5 Å². The van der Waals surface area contributed by atoms with Crippen molar-refractivity contribution in [3.63, 3.8) is 0 Å². The van der Waals surface area contributed by atoms with Crippen LogP contribution in [0, 0.1) is 5.92 Å². The highest BCUT2D eigenvalue weighted by Gasteiger charge is 2.38. The Kier molecular flexibility index (Phi) is 9.57. The molecule has 0 fully saturated rings. The third kappa shape index (κ3) is 9.69. The first-order chi connectivity index (χ1) is 14.4. The number of fused-ring (bicyclic) bond motifs is 1. The molecule has 1 aliphatic heterocycles. The fourth-order valence-corrected chi connectivity index (χ4v) is 2.53.